The molecular weight excluding hydrogens is 220 g/mol. The van der Waals surface area contributed by atoms with Crippen LogP contribution in [0.1, 0.15) is 47.5 Å². The van der Waals surface area contributed by atoms with Crippen molar-refractivity contribution in [1.29, 1.82) is 0 Å². The van der Waals surface area contributed by atoms with E-state index < -0.39 is 0 Å². The van der Waals surface area contributed by atoms with E-state index in [0.717, 1.165) is 6.42 Å². The predicted molar refractivity (Wildman–Crippen MR) is 67.0 cm³/mol. The second-order valence-electron chi connectivity index (χ2n) is 4.58. The molecule has 0 heterocycles. The number of carbonyl (C=O) groups excluding carboxylic acids is 1. The highest BCUT2D eigenvalue weighted by Crippen LogP contribution is 2.01. The van der Waals surface area contributed by atoms with E-state index in [1.807, 2.05) is 34.6 Å². The summed E-state index contributed by atoms with van der Waals surface area (Å²) in [5.41, 5.74) is 0. The summed E-state index contributed by atoms with van der Waals surface area (Å²) in [5, 5.41) is 0. The molecule has 4 heteroatoms. The Bertz CT molecular complexity index is 204. The monoisotopic (exact) mass is 246 g/mol. The molecule has 0 fully saturated rings. The molecule has 0 bridgehead atoms. The first-order chi connectivity index (χ1) is 7.95. The number of carbonyl (C=O) groups is 1. The summed E-state index contributed by atoms with van der Waals surface area (Å²) in [7, 11) is 0. The molecule has 0 aromatic rings. The van der Waals surface area contributed by atoms with Gasteiger partial charge in [-0.25, -0.2) is 0 Å². The van der Waals surface area contributed by atoms with Crippen LogP contribution in [-0.2, 0) is 19.0 Å². The number of esters is 1. The molecule has 0 saturated carbocycles. The lowest BCUT2D eigenvalue weighted by atomic mass is 10.3. The number of rotatable bonds is 9. The fraction of sp³-hybridized carbons (Fsp3) is 0.923. The molecule has 0 aliphatic heterocycles. The third kappa shape index (κ3) is 10.3. The van der Waals surface area contributed by atoms with Crippen molar-refractivity contribution in [2.24, 2.45) is 0 Å². The summed E-state index contributed by atoms with van der Waals surface area (Å²) < 4.78 is 16.1. The van der Waals surface area contributed by atoms with Gasteiger partial charge in [-0.05, 0) is 34.1 Å². The van der Waals surface area contributed by atoms with Crippen molar-refractivity contribution in [3.05, 3.63) is 0 Å². The lowest BCUT2D eigenvalue weighted by molar-refractivity contribution is -0.151. The summed E-state index contributed by atoms with van der Waals surface area (Å²) in [6.07, 6.45) is 1.35. The normalized spacial score (nSPS) is 14.7. The first kappa shape index (κ1) is 16.4. The van der Waals surface area contributed by atoms with Crippen LogP contribution in [0, 0.1) is 0 Å². The van der Waals surface area contributed by atoms with E-state index in [0.29, 0.717) is 19.6 Å². The van der Waals surface area contributed by atoms with Crippen LogP contribution < -0.4 is 0 Å². The Morgan fingerprint density at radius 1 is 1.06 bits per heavy atom. The first-order valence-electron chi connectivity index (χ1n) is 6.38. The summed E-state index contributed by atoms with van der Waals surface area (Å²) in [5.74, 6) is -0.157. The van der Waals surface area contributed by atoms with E-state index in [9.17, 15) is 4.79 Å². The minimum absolute atomic E-state index is 0.0635. The SMILES string of the molecule is CCCC(=O)OC(C)COCC(C)OC(C)C. The fourth-order valence-electron chi connectivity index (χ4n) is 1.43. The van der Waals surface area contributed by atoms with Gasteiger partial charge in [0.1, 0.15) is 6.10 Å². The van der Waals surface area contributed by atoms with Gasteiger partial charge in [0.15, 0.2) is 0 Å². The van der Waals surface area contributed by atoms with Crippen molar-refractivity contribution in [3.8, 4) is 0 Å². The Hall–Kier alpha value is -0.610. The van der Waals surface area contributed by atoms with Crippen molar-refractivity contribution in [2.75, 3.05) is 13.2 Å². The molecule has 0 aromatic carbocycles. The molecule has 17 heavy (non-hydrogen) atoms. The molecule has 102 valence electrons. The summed E-state index contributed by atoms with van der Waals surface area (Å²) in [6, 6.07) is 0. The minimum atomic E-state index is -0.194. The third-order valence-corrected chi connectivity index (χ3v) is 2.00. The van der Waals surface area contributed by atoms with Gasteiger partial charge in [-0.3, -0.25) is 4.79 Å². The second-order valence-corrected chi connectivity index (χ2v) is 4.58. The summed E-state index contributed by atoms with van der Waals surface area (Å²) in [6.45, 7) is 10.7. The zero-order valence-corrected chi connectivity index (χ0v) is 11.7. The van der Waals surface area contributed by atoms with Crippen LogP contribution >= 0.6 is 0 Å². The molecule has 0 radical (unpaired) electrons. The molecule has 2 unspecified atom stereocenters. The average Bonchev–Trinajstić information content (AvgIpc) is 2.16. The topological polar surface area (TPSA) is 44.8 Å². The largest absolute Gasteiger partial charge is 0.460 e. The summed E-state index contributed by atoms with van der Waals surface area (Å²) in [4.78, 5) is 11.2. The van der Waals surface area contributed by atoms with E-state index in [4.69, 9.17) is 14.2 Å². The quantitative estimate of drug-likeness (QED) is 0.586. The number of ether oxygens (including phenoxy) is 3. The molecule has 0 aromatic heterocycles. The van der Waals surface area contributed by atoms with Crippen LogP contribution in [0.4, 0.5) is 0 Å². The van der Waals surface area contributed by atoms with E-state index in [2.05, 4.69) is 0 Å². The van der Waals surface area contributed by atoms with Gasteiger partial charge in [0.05, 0.1) is 25.4 Å². The van der Waals surface area contributed by atoms with Gasteiger partial charge < -0.3 is 14.2 Å². The molecule has 0 aliphatic rings. The molecule has 0 rings (SSSR count). The maximum absolute atomic E-state index is 11.2. The van der Waals surface area contributed by atoms with Crippen molar-refractivity contribution in [1.82, 2.24) is 0 Å². The van der Waals surface area contributed by atoms with E-state index in [-0.39, 0.29) is 24.3 Å². The highest BCUT2D eigenvalue weighted by molar-refractivity contribution is 5.69. The zero-order chi connectivity index (χ0) is 13.3. The van der Waals surface area contributed by atoms with E-state index in [1.54, 1.807) is 0 Å². The lowest BCUT2D eigenvalue weighted by Crippen LogP contribution is -2.25. The predicted octanol–water partition coefficient (Wildman–Crippen LogP) is 2.55. The Morgan fingerprint density at radius 3 is 2.18 bits per heavy atom. The maximum atomic E-state index is 11.2. The lowest BCUT2D eigenvalue weighted by Gasteiger charge is -2.18. The summed E-state index contributed by atoms with van der Waals surface area (Å²) >= 11 is 0. The maximum Gasteiger partial charge on any atom is 0.306 e. The highest BCUT2D eigenvalue weighted by Gasteiger charge is 2.10. The van der Waals surface area contributed by atoms with Gasteiger partial charge >= 0.3 is 5.97 Å². The Kier molecular flexibility index (Phi) is 9.09. The molecular formula is C13H26O4. The van der Waals surface area contributed by atoms with Crippen LogP contribution in [0.3, 0.4) is 0 Å². The molecule has 0 aliphatic carbocycles. The molecule has 0 N–H and O–H groups in total. The van der Waals surface area contributed by atoms with Crippen LogP contribution in [0.15, 0.2) is 0 Å². The fourth-order valence-corrected chi connectivity index (χ4v) is 1.43. The molecule has 0 amide bonds. The minimum Gasteiger partial charge on any atom is -0.460 e. The Balaban J connectivity index is 3.56. The van der Waals surface area contributed by atoms with Gasteiger partial charge in [-0.2, -0.15) is 0 Å². The van der Waals surface area contributed by atoms with Gasteiger partial charge in [-0.1, -0.05) is 6.92 Å². The van der Waals surface area contributed by atoms with Crippen LogP contribution in [0.5, 0.6) is 0 Å². The molecule has 0 saturated heterocycles. The van der Waals surface area contributed by atoms with Crippen molar-refractivity contribution in [2.45, 2.75) is 65.8 Å². The van der Waals surface area contributed by atoms with Gasteiger partial charge in [0, 0.05) is 6.42 Å². The number of hydrogen-bond acceptors (Lipinski definition) is 4. The van der Waals surface area contributed by atoms with Crippen molar-refractivity contribution >= 4 is 5.97 Å². The standard InChI is InChI=1S/C13H26O4/c1-6-7-13(14)17-12(5)9-15-8-11(4)16-10(2)3/h10-12H,6-9H2,1-5H3. The van der Waals surface area contributed by atoms with Gasteiger partial charge in [0.2, 0.25) is 0 Å². The van der Waals surface area contributed by atoms with Crippen molar-refractivity contribution < 1.29 is 19.0 Å². The van der Waals surface area contributed by atoms with E-state index >= 15 is 0 Å². The Labute approximate surface area is 105 Å². The van der Waals surface area contributed by atoms with Gasteiger partial charge in [0.25, 0.3) is 0 Å². The smallest absolute Gasteiger partial charge is 0.306 e. The van der Waals surface area contributed by atoms with E-state index in [1.165, 1.54) is 0 Å². The molecule has 4 nitrogen and oxygen atoms in total. The zero-order valence-electron chi connectivity index (χ0n) is 11.7. The van der Waals surface area contributed by atoms with Crippen LogP contribution in [0.2, 0.25) is 0 Å². The average molecular weight is 246 g/mol. The van der Waals surface area contributed by atoms with Crippen molar-refractivity contribution in [3.63, 3.8) is 0 Å². The third-order valence-electron chi connectivity index (χ3n) is 2.00. The van der Waals surface area contributed by atoms with Crippen LogP contribution in [-0.4, -0.2) is 37.5 Å². The molecule has 2 atom stereocenters. The highest BCUT2D eigenvalue weighted by atomic mass is 16.6. The Morgan fingerprint density at radius 2 is 1.65 bits per heavy atom. The van der Waals surface area contributed by atoms with Gasteiger partial charge in [-0.15, -0.1) is 0 Å². The van der Waals surface area contributed by atoms with Crippen LogP contribution in [0.25, 0.3) is 0 Å². The number of hydrogen-bond donors (Lipinski definition) is 0. The molecule has 0 spiro atoms. The second kappa shape index (κ2) is 9.42. The first-order valence-corrected chi connectivity index (χ1v) is 6.38.